The molecule has 0 bridgehead atoms. The number of anilines is 2. The molecule has 0 spiro atoms. The molecule has 2 aliphatic rings. The van der Waals surface area contributed by atoms with E-state index in [1.54, 1.807) is 36.1 Å². The third-order valence-electron chi connectivity index (χ3n) is 5.97. The molecule has 1 aromatic heterocycles. The fourth-order valence-corrected chi connectivity index (χ4v) is 3.82. The Balaban J connectivity index is 1.42. The summed E-state index contributed by atoms with van der Waals surface area (Å²) in [6.07, 6.45) is 5.75. The molecule has 2 atom stereocenters. The van der Waals surface area contributed by atoms with Crippen molar-refractivity contribution in [2.24, 2.45) is 5.92 Å². The van der Waals surface area contributed by atoms with Crippen LogP contribution in [0.2, 0.25) is 0 Å². The van der Waals surface area contributed by atoms with Crippen molar-refractivity contribution in [3.63, 3.8) is 0 Å². The highest BCUT2D eigenvalue weighted by atomic mass is 19.1. The Kier molecular flexibility index (Phi) is 7.11. The lowest BCUT2D eigenvalue weighted by Crippen LogP contribution is -2.41. The van der Waals surface area contributed by atoms with Gasteiger partial charge in [0.05, 0.1) is 30.6 Å². The number of rotatable bonds is 8. The second-order valence-electron chi connectivity index (χ2n) is 8.91. The van der Waals surface area contributed by atoms with Crippen LogP contribution in [0.1, 0.15) is 25.3 Å². The van der Waals surface area contributed by atoms with Crippen molar-refractivity contribution in [1.29, 1.82) is 0 Å². The van der Waals surface area contributed by atoms with Gasteiger partial charge in [0, 0.05) is 38.4 Å². The Bertz CT molecular complexity index is 1040. The van der Waals surface area contributed by atoms with E-state index in [1.807, 2.05) is 0 Å². The molecule has 2 fully saturated rings. The maximum absolute atomic E-state index is 13.2. The van der Waals surface area contributed by atoms with E-state index >= 15 is 0 Å². The first kappa shape index (κ1) is 23.7. The lowest BCUT2D eigenvalue weighted by molar-refractivity contribution is -0.133. The van der Waals surface area contributed by atoms with Crippen LogP contribution in [0.4, 0.5) is 20.6 Å². The summed E-state index contributed by atoms with van der Waals surface area (Å²) in [5, 5.41) is 10.0. The molecule has 2 heterocycles. The van der Waals surface area contributed by atoms with Gasteiger partial charge in [0.2, 0.25) is 11.8 Å². The number of hydrogen-bond acceptors (Lipinski definition) is 5. The summed E-state index contributed by atoms with van der Waals surface area (Å²) in [7, 11) is 3.30. The molecule has 2 aromatic rings. The third kappa shape index (κ3) is 5.90. The molecule has 1 saturated heterocycles. The first-order valence-electron chi connectivity index (χ1n) is 11.3. The van der Waals surface area contributed by atoms with Crippen LogP contribution in [-0.4, -0.2) is 77.3 Å². The lowest BCUT2D eigenvalue weighted by Gasteiger charge is -2.25. The molecule has 182 valence electrons. The van der Waals surface area contributed by atoms with Gasteiger partial charge in [0.15, 0.2) is 0 Å². The van der Waals surface area contributed by atoms with Crippen molar-refractivity contribution in [2.45, 2.75) is 31.3 Å². The molecular formula is C23H29FN6O4. The number of ether oxygens (including phenoxy) is 1. The average Bonchev–Trinajstić information content (AvgIpc) is 3.42. The van der Waals surface area contributed by atoms with Gasteiger partial charge in [-0.1, -0.05) is 0 Å². The number of halogens is 1. The van der Waals surface area contributed by atoms with Crippen LogP contribution >= 0.6 is 0 Å². The summed E-state index contributed by atoms with van der Waals surface area (Å²) in [4.78, 5) is 40.0. The van der Waals surface area contributed by atoms with E-state index in [-0.39, 0.29) is 54.9 Å². The number of nitrogens with one attached hydrogen (secondary N) is 2. The van der Waals surface area contributed by atoms with E-state index in [0.717, 1.165) is 12.8 Å². The van der Waals surface area contributed by atoms with Crippen molar-refractivity contribution < 1.29 is 23.5 Å². The fourth-order valence-electron chi connectivity index (χ4n) is 3.82. The predicted molar refractivity (Wildman–Crippen MR) is 123 cm³/mol. The molecule has 1 saturated carbocycles. The van der Waals surface area contributed by atoms with Crippen molar-refractivity contribution in [2.75, 3.05) is 44.5 Å². The Morgan fingerprint density at radius 3 is 2.56 bits per heavy atom. The minimum Gasteiger partial charge on any atom is -0.369 e. The van der Waals surface area contributed by atoms with Crippen LogP contribution in [0.5, 0.6) is 0 Å². The van der Waals surface area contributed by atoms with Crippen LogP contribution in [0.15, 0.2) is 36.7 Å². The molecule has 4 amide bonds. The zero-order chi connectivity index (χ0) is 24.2. The molecule has 4 rings (SSSR count). The van der Waals surface area contributed by atoms with E-state index in [1.165, 1.54) is 29.2 Å². The van der Waals surface area contributed by atoms with E-state index in [4.69, 9.17) is 4.74 Å². The van der Waals surface area contributed by atoms with Crippen LogP contribution < -0.4 is 10.6 Å². The molecule has 1 aromatic carbocycles. The minimum atomic E-state index is -0.390. The largest absolute Gasteiger partial charge is 0.369 e. The van der Waals surface area contributed by atoms with E-state index in [2.05, 4.69) is 15.7 Å². The average molecular weight is 473 g/mol. The molecule has 0 radical (unpaired) electrons. The molecule has 11 heteroatoms. The number of urea groups is 1. The highest BCUT2D eigenvalue weighted by Gasteiger charge is 2.37. The number of likely N-dealkylation sites (N-methyl/N-ethyl adjacent to an activating group) is 1. The summed E-state index contributed by atoms with van der Waals surface area (Å²) < 4.78 is 20.6. The van der Waals surface area contributed by atoms with Crippen molar-refractivity contribution in [1.82, 2.24) is 19.6 Å². The predicted octanol–water partition coefficient (Wildman–Crippen LogP) is 2.32. The van der Waals surface area contributed by atoms with Gasteiger partial charge < -0.3 is 25.2 Å². The number of nitrogens with zero attached hydrogens (tertiary/aromatic N) is 4. The fraction of sp³-hybridized carbons (Fsp3) is 0.478. The quantitative estimate of drug-likeness (QED) is 0.613. The number of benzene rings is 1. The molecular weight excluding hydrogens is 443 g/mol. The number of aromatic nitrogens is 2. The Labute approximate surface area is 197 Å². The van der Waals surface area contributed by atoms with Crippen LogP contribution in [0.3, 0.4) is 0 Å². The van der Waals surface area contributed by atoms with Gasteiger partial charge in [-0.15, -0.1) is 0 Å². The molecule has 1 aliphatic carbocycles. The monoisotopic (exact) mass is 472 g/mol. The van der Waals surface area contributed by atoms with Gasteiger partial charge >= 0.3 is 6.03 Å². The highest BCUT2D eigenvalue weighted by Crippen LogP contribution is 2.31. The van der Waals surface area contributed by atoms with E-state index < -0.39 is 0 Å². The number of carbonyl (C=O) groups is 3. The summed E-state index contributed by atoms with van der Waals surface area (Å²) in [6, 6.07) is 4.75. The van der Waals surface area contributed by atoms with Crippen molar-refractivity contribution in [3.8, 4) is 0 Å². The highest BCUT2D eigenvalue weighted by molar-refractivity contribution is 5.93. The first-order valence-corrected chi connectivity index (χ1v) is 11.3. The summed E-state index contributed by atoms with van der Waals surface area (Å²) in [5.41, 5.74) is 1.09. The second kappa shape index (κ2) is 10.2. The summed E-state index contributed by atoms with van der Waals surface area (Å²) >= 11 is 0. The Morgan fingerprint density at radius 2 is 1.88 bits per heavy atom. The topological polar surface area (TPSA) is 109 Å². The van der Waals surface area contributed by atoms with Crippen molar-refractivity contribution in [3.05, 3.63) is 42.5 Å². The summed E-state index contributed by atoms with van der Waals surface area (Å²) in [6.45, 7) is 0.459. The number of hydrogen-bond donors (Lipinski definition) is 2. The van der Waals surface area contributed by atoms with Gasteiger partial charge in [-0.25, -0.2) is 9.18 Å². The van der Waals surface area contributed by atoms with Crippen LogP contribution in [-0.2, 0) is 14.3 Å². The number of amides is 4. The van der Waals surface area contributed by atoms with Gasteiger partial charge in [-0.05, 0) is 43.5 Å². The Morgan fingerprint density at radius 1 is 1.15 bits per heavy atom. The van der Waals surface area contributed by atoms with E-state index in [0.29, 0.717) is 24.3 Å². The molecule has 2 N–H and O–H groups in total. The minimum absolute atomic E-state index is 0.00288. The zero-order valence-corrected chi connectivity index (χ0v) is 19.2. The van der Waals surface area contributed by atoms with Crippen LogP contribution in [0.25, 0.3) is 0 Å². The maximum atomic E-state index is 13.2. The van der Waals surface area contributed by atoms with Gasteiger partial charge in [-0.3, -0.25) is 14.3 Å². The maximum Gasteiger partial charge on any atom is 0.322 e. The lowest BCUT2D eigenvalue weighted by atomic mass is 10.2. The first-order chi connectivity index (χ1) is 16.3. The smallest absolute Gasteiger partial charge is 0.322 e. The standard InChI is InChI=1S/C23H29FN6O4/c1-28(2)21(31)14-34-13-20-9-19(30-11-18(10-25-30)26-22(32)15-3-4-15)12-29(20)23(33)27-17-7-5-16(24)6-8-17/h5-8,10-11,15,19-20H,3-4,9,12-14H2,1-2H3,(H,26,32)(H,27,33)/t19-,20-/m0/s1. The van der Waals surface area contributed by atoms with Crippen LogP contribution in [0, 0.1) is 11.7 Å². The number of carbonyl (C=O) groups excluding carboxylic acids is 3. The number of likely N-dealkylation sites (tertiary alicyclic amines) is 1. The molecule has 34 heavy (non-hydrogen) atoms. The molecule has 0 unspecified atom stereocenters. The normalized spacial score (nSPS) is 19.7. The Hall–Kier alpha value is -3.47. The third-order valence-corrected chi connectivity index (χ3v) is 5.97. The zero-order valence-electron chi connectivity index (χ0n) is 19.2. The van der Waals surface area contributed by atoms with Gasteiger partial charge in [0.25, 0.3) is 0 Å². The molecule has 1 aliphatic heterocycles. The van der Waals surface area contributed by atoms with Crippen molar-refractivity contribution >= 4 is 29.2 Å². The SMILES string of the molecule is CN(C)C(=O)COC[C@@H]1C[C@H](n2cc(NC(=O)C3CC3)cn2)CN1C(=O)Nc1ccc(F)cc1. The second-order valence-corrected chi connectivity index (χ2v) is 8.91. The van der Waals surface area contributed by atoms with Gasteiger partial charge in [0.1, 0.15) is 12.4 Å². The summed E-state index contributed by atoms with van der Waals surface area (Å²) in [5.74, 6) is -0.464. The van der Waals surface area contributed by atoms with E-state index in [9.17, 15) is 18.8 Å². The van der Waals surface area contributed by atoms with Gasteiger partial charge in [-0.2, -0.15) is 5.10 Å². The molecule has 10 nitrogen and oxygen atoms in total.